The molecule has 4 rings (SSSR count). The quantitative estimate of drug-likeness (QED) is 0.730. The minimum absolute atomic E-state index is 0.201. The van der Waals surface area contributed by atoms with Crippen LogP contribution in [0.5, 0.6) is 0 Å². The number of amides is 1. The number of benzene rings is 1. The Morgan fingerprint density at radius 2 is 1.96 bits per heavy atom. The summed E-state index contributed by atoms with van der Waals surface area (Å²) in [6.45, 7) is 2.01. The summed E-state index contributed by atoms with van der Waals surface area (Å²) in [4.78, 5) is 27.5. The lowest BCUT2D eigenvalue weighted by molar-refractivity contribution is 0.102. The molecule has 0 unspecified atom stereocenters. The van der Waals surface area contributed by atoms with E-state index in [0.717, 1.165) is 34.3 Å². The number of nitrogens with zero attached hydrogens (tertiary/aromatic N) is 4. The van der Waals surface area contributed by atoms with E-state index in [1.165, 1.54) is 12.8 Å². The standard InChI is InChI=1S/C18H16BrN5O/c19-13-7-12(9-20-10-13)18(25)23-14-3-4-16-15(8-14)17(22-11-21-16)24-5-1-2-6-24/h3-4,7-11H,1-2,5-6H2,(H,23,25). The molecule has 0 aliphatic carbocycles. The third-order valence-electron chi connectivity index (χ3n) is 4.24. The van der Waals surface area contributed by atoms with E-state index in [1.54, 1.807) is 24.8 Å². The number of hydrogen-bond donors (Lipinski definition) is 1. The molecule has 6 nitrogen and oxygen atoms in total. The summed E-state index contributed by atoms with van der Waals surface area (Å²) in [5.41, 5.74) is 2.09. The molecular weight excluding hydrogens is 382 g/mol. The van der Waals surface area contributed by atoms with Crippen LogP contribution in [0.4, 0.5) is 11.5 Å². The van der Waals surface area contributed by atoms with Gasteiger partial charge in [0.15, 0.2) is 0 Å². The largest absolute Gasteiger partial charge is 0.356 e. The van der Waals surface area contributed by atoms with Crippen LogP contribution in [0.1, 0.15) is 23.2 Å². The fraction of sp³-hybridized carbons (Fsp3) is 0.222. The Hall–Kier alpha value is -2.54. The first-order chi connectivity index (χ1) is 12.2. The van der Waals surface area contributed by atoms with Crippen molar-refractivity contribution in [3.63, 3.8) is 0 Å². The second kappa shape index (κ2) is 6.76. The molecule has 0 bridgehead atoms. The van der Waals surface area contributed by atoms with Gasteiger partial charge in [0.2, 0.25) is 0 Å². The van der Waals surface area contributed by atoms with Gasteiger partial charge in [-0.1, -0.05) is 0 Å². The topological polar surface area (TPSA) is 71.0 Å². The lowest BCUT2D eigenvalue weighted by Crippen LogP contribution is -2.19. The highest BCUT2D eigenvalue weighted by Gasteiger charge is 2.17. The van der Waals surface area contributed by atoms with Gasteiger partial charge in [-0.25, -0.2) is 9.97 Å². The highest BCUT2D eigenvalue weighted by atomic mass is 79.9. The van der Waals surface area contributed by atoms with Crippen molar-refractivity contribution in [1.29, 1.82) is 0 Å². The maximum atomic E-state index is 12.4. The third kappa shape index (κ3) is 3.32. The van der Waals surface area contributed by atoms with Crippen molar-refractivity contribution in [1.82, 2.24) is 15.0 Å². The molecule has 1 saturated heterocycles. The molecule has 2 aromatic heterocycles. The van der Waals surface area contributed by atoms with E-state index in [4.69, 9.17) is 0 Å². The van der Waals surface area contributed by atoms with E-state index in [0.29, 0.717) is 11.3 Å². The van der Waals surface area contributed by atoms with Gasteiger partial charge in [0.25, 0.3) is 5.91 Å². The van der Waals surface area contributed by atoms with Crippen LogP contribution in [0.15, 0.2) is 47.5 Å². The maximum Gasteiger partial charge on any atom is 0.257 e. The molecule has 1 amide bonds. The first kappa shape index (κ1) is 16.0. The minimum Gasteiger partial charge on any atom is -0.356 e. The number of nitrogens with one attached hydrogen (secondary N) is 1. The number of hydrogen-bond acceptors (Lipinski definition) is 5. The number of fused-ring (bicyclic) bond motifs is 1. The molecular formula is C18H16BrN5O. The predicted octanol–water partition coefficient (Wildman–Crippen LogP) is 3.64. The smallest absolute Gasteiger partial charge is 0.257 e. The Kier molecular flexibility index (Phi) is 4.31. The molecule has 0 atom stereocenters. The van der Waals surface area contributed by atoms with Crippen LogP contribution in [0, 0.1) is 0 Å². The number of carbonyl (C=O) groups is 1. The third-order valence-corrected chi connectivity index (χ3v) is 4.68. The highest BCUT2D eigenvalue weighted by molar-refractivity contribution is 9.10. The average molecular weight is 398 g/mol. The van der Waals surface area contributed by atoms with Gasteiger partial charge in [-0.2, -0.15) is 0 Å². The van der Waals surface area contributed by atoms with Gasteiger partial charge in [0.1, 0.15) is 12.1 Å². The Balaban J connectivity index is 1.66. The molecule has 3 heterocycles. The van der Waals surface area contributed by atoms with Crippen LogP contribution in [0.3, 0.4) is 0 Å². The maximum absolute atomic E-state index is 12.4. The van der Waals surface area contributed by atoms with Crippen molar-refractivity contribution in [2.75, 3.05) is 23.3 Å². The average Bonchev–Trinajstić information content (AvgIpc) is 3.15. The van der Waals surface area contributed by atoms with Gasteiger partial charge in [0.05, 0.1) is 11.1 Å². The number of rotatable bonds is 3. The number of carbonyl (C=O) groups excluding carboxylic acids is 1. The van der Waals surface area contributed by atoms with Crippen LogP contribution in [-0.2, 0) is 0 Å². The number of aromatic nitrogens is 3. The zero-order valence-corrected chi connectivity index (χ0v) is 15.0. The van der Waals surface area contributed by atoms with E-state index in [2.05, 4.69) is 41.1 Å². The fourth-order valence-corrected chi connectivity index (χ4v) is 3.41. The molecule has 0 saturated carbocycles. The van der Waals surface area contributed by atoms with E-state index in [9.17, 15) is 4.79 Å². The van der Waals surface area contributed by atoms with Gasteiger partial charge in [-0.15, -0.1) is 0 Å². The second-order valence-corrected chi connectivity index (χ2v) is 6.88. The van der Waals surface area contributed by atoms with Crippen molar-refractivity contribution in [2.24, 2.45) is 0 Å². The molecule has 1 aromatic carbocycles. The van der Waals surface area contributed by atoms with Crippen molar-refractivity contribution in [3.05, 3.63) is 53.0 Å². The number of anilines is 2. The number of pyridine rings is 1. The lowest BCUT2D eigenvalue weighted by atomic mass is 10.2. The lowest BCUT2D eigenvalue weighted by Gasteiger charge is -2.18. The molecule has 1 N–H and O–H groups in total. The zero-order chi connectivity index (χ0) is 17.2. The summed E-state index contributed by atoms with van der Waals surface area (Å²) in [5, 5.41) is 3.87. The van der Waals surface area contributed by atoms with Crippen molar-refractivity contribution >= 4 is 44.2 Å². The predicted molar refractivity (Wildman–Crippen MR) is 101 cm³/mol. The SMILES string of the molecule is O=C(Nc1ccc2ncnc(N3CCCC3)c2c1)c1cncc(Br)c1. The Bertz CT molecular complexity index is 940. The highest BCUT2D eigenvalue weighted by Crippen LogP contribution is 2.28. The van der Waals surface area contributed by atoms with E-state index in [-0.39, 0.29) is 5.91 Å². The monoisotopic (exact) mass is 397 g/mol. The summed E-state index contributed by atoms with van der Waals surface area (Å²) < 4.78 is 0.767. The first-order valence-electron chi connectivity index (χ1n) is 8.12. The van der Waals surface area contributed by atoms with Gasteiger partial charge < -0.3 is 10.2 Å². The first-order valence-corrected chi connectivity index (χ1v) is 8.91. The Morgan fingerprint density at radius 1 is 1.12 bits per heavy atom. The van der Waals surface area contributed by atoms with Crippen molar-refractivity contribution in [3.8, 4) is 0 Å². The van der Waals surface area contributed by atoms with E-state index >= 15 is 0 Å². The van der Waals surface area contributed by atoms with Crippen LogP contribution in [-0.4, -0.2) is 33.9 Å². The van der Waals surface area contributed by atoms with Crippen LogP contribution in [0.2, 0.25) is 0 Å². The van der Waals surface area contributed by atoms with Gasteiger partial charge in [-0.05, 0) is 53.0 Å². The Morgan fingerprint density at radius 3 is 2.76 bits per heavy atom. The Labute approximate surface area is 153 Å². The molecule has 1 aliphatic heterocycles. The minimum atomic E-state index is -0.201. The molecule has 1 fully saturated rings. The molecule has 1 aliphatic rings. The second-order valence-electron chi connectivity index (χ2n) is 5.97. The number of halogens is 1. The summed E-state index contributed by atoms with van der Waals surface area (Å²) in [7, 11) is 0. The summed E-state index contributed by atoms with van der Waals surface area (Å²) >= 11 is 3.33. The molecule has 126 valence electrons. The summed E-state index contributed by atoms with van der Waals surface area (Å²) in [6, 6.07) is 7.44. The van der Waals surface area contributed by atoms with E-state index < -0.39 is 0 Å². The molecule has 3 aromatic rings. The normalized spacial score (nSPS) is 14.0. The van der Waals surface area contributed by atoms with Gasteiger partial charge in [0, 0.05) is 41.0 Å². The summed E-state index contributed by atoms with van der Waals surface area (Å²) in [6.07, 6.45) is 7.14. The van der Waals surface area contributed by atoms with Gasteiger partial charge in [-0.3, -0.25) is 9.78 Å². The van der Waals surface area contributed by atoms with Crippen molar-refractivity contribution < 1.29 is 4.79 Å². The fourth-order valence-electron chi connectivity index (χ4n) is 3.04. The van der Waals surface area contributed by atoms with Crippen LogP contribution < -0.4 is 10.2 Å². The molecule has 25 heavy (non-hydrogen) atoms. The molecule has 0 spiro atoms. The van der Waals surface area contributed by atoms with Crippen LogP contribution >= 0.6 is 15.9 Å². The molecule has 0 radical (unpaired) electrons. The zero-order valence-electron chi connectivity index (χ0n) is 13.4. The summed E-state index contributed by atoms with van der Waals surface area (Å²) in [5.74, 6) is 0.732. The van der Waals surface area contributed by atoms with E-state index in [1.807, 2.05) is 18.2 Å². The van der Waals surface area contributed by atoms with Gasteiger partial charge >= 0.3 is 0 Å². The van der Waals surface area contributed by atoms with Crippen molar-refractivity contribution in [2.45, 2.75) is 12.8 Å². The van der Waals surface area contributed by atoms with Crippen LogP contribution in [0.25, 0.3) is 10.9 Å². The molecule has 7 heteroatoms.